The highest BCUT2D eigenvalue weighted by Gasteiger charge is 2.17. The number of nitrogens with one attached hydrogen (secondary N) is 1. The number of nitrogens with two attached hydrogens (primary N) is 1. The van der Waals surface area contributed by atoms with Gasteiger partial charge in [0.1, 0.15) is 17.9 Å². The third-order valence-electron chi connectivity index (χ3n) is 6.20. The largest absolute Gasteiger partial charge is 0.461 e. The minimum atomic E-state index is -0.490. The predicted molar refractivity (Wildman–Crippen MR) is 142 cm³/mol. The van der Waals surface area contributed by atoms with Gasteiger partial charge in [0, 0.05) is 24.8 Å². The average molecular weight is 507 g/mol. The van der Waals surface area contributed by atoms with Gasteiger partial charge in [-0.05, 0) is 50.6 Å². The molecule has 0 saturated carbocycles. The molecule has 9 nitrogen and oxygen atoms in total. The summed E-state index contributed by atoms with van der Waals surface area (Å²) in [5.41, 5.74) is 8.61. The zero-order valence-corrected chi connectivity index (χ0v) is 21.1. The Bertz CT molecular complexity index is 1430. The third-order valence-corrected chi connectivity index (χ3v) is 6.20. The van der Waals surface area contributed by atoms with Crippen molar-refractivity contribution in [2.45, 2.75) is 26.3 Å². The molecule has 0 bridgehead atoms. The molecular formula is C27H31FN6O3. The van der Waals surface area contributed by atoms with Gasteiger partial charge in [-0.15, -0.1) is 6.42 Å². The van der Waals surface area contributed by atoms with E-state index in [1.54, 1.807) is 19.2 Å². The van der Waals surface area contributed by atoms with Crippen molar-refractivity contribution in [3.05, 3.63) is 63.4 Å². The molecule has 1 aliphatic rings. The molecule has 0 radical (unpaired) electrons. The molecule has 1 fully saturated rings. The van der Waals surface area contributed by atoms with E-state index in [1.165, 1.54) is 29.0 Å². The maximum Gasteiger partial charge on any atom is 0.328 e. The highest BCUT2D eigenvalue weighted by molar-refractivity contribution is 5.82. The fourth-order valence-electron chi connectivity index (χ4n) is 4.27. The summed E-state index contributed by atoms with van der Waals surface area (Å²) in [5, 5.41) is 0. The molecule has 4 rings (SSSR count). The number of hydrogen-bond donors (Lipinski definition) is 2. The van der Waals surface area contributed by atoms with E-state index in [0.29, 0.717) is 23.3 Å². The molecule has 1 aromatic carbocycles. The molecule has 194 valence electrons. The van der Waals surface area contributed by atoms with Crippen molar-refractivity contribution in [1.82, 2.24) is 24.4 Å². The Morgan fingerprint density at radius 1 is 1.27 bits per heavy atom. The van der Waals surface area contributed by atoms with Gasteiger partial charge in [-0.2, -0.15) is 9.97 Å². The number of anilines is 1. The van der Waals surface area contributed by atoms with E-state index >= 15 is 4.39 Å². The standard InChI is InChI=1S/C27H31FN6O3/c1-4-19(8-7-18(2)16-33-11-5-6-12-33)20-9-10-21(22(28)15-20)17-34-25-23(30-27(34)35)24(29)31-26(32-25)37-14-13-36-3/h1,7-10,15H,5-6,11-14,16-17H2,2-3H3,(H,30,35)(H2,29,31,32)/b18-7+,19-8+. The molecule has 1 aliphatic heterocycles. The zero-order valence-electron chi connectivity index (χ0n) is 21.1. The molecule has 37 heavy (non-hydrogen) atoms. The first-order valence-corrected chi connectivity index (χ1v) is 12.1. The molecule has 2 aromatic heterocycles. The first kappa shape index (κ1) is 26.1. The number of hydrogen-bond acceptors (Lipinski definition) is 7. The Balaban J connectivity index is 1.56. The van der Waals surface area contributed by atoms with Crippen molar-refractivity contribution < 1.29 is 13.9 Å². The number of allylic oxidation sites excluding steroid dienone is 3. The SMILES string of the molecule is C#C/C(=C\C=C(/C)CN1CCCC1)c1ccc(Cn2c(=O)[nH]c3c(N)nc(OCCOC)nc32)c(F)c1. The second-order valence-electron chi connectivity index (χ2n) is 8.97. The number of methoxy groups -OCH3 is 1. The Morgan fingerprint density at radius 2 is 2.05 bits per heavy atom. The van der Waals surface area contributed by atoms with Crippen LogP contribution in [0.3, 0.4) is 0 Å². The number of rotatable bonds is 10. The van der Waals surface area contributed by atoms with Crippen LogP contribution < -0.4 is 16.2 Å². The molecule has 0 amide bonds. The van der Waals surface area contributed by atoms with Crippen LogP contribution in [0.15, 0.2) is 40.7 Å². The van der Waals surface area contributed by atoms with Crippen LogP contribution in [0.5, 0.6) is 6.01 Å². The van der Waals surface area contributed by atoms with E-state index in [0.717, 1.165) is 19.6 Å². The zero-order chi connectivity index (χ0) is 26.4. The van der Waals surface area contributed by atoms with Gasteiger partial charge in [-0.25, -0.2) is 9.18 Å². The number of likely N-dealkylation sites (tertiary alicyclic amines) is 1. The van der Waals surface area contributed by atoms with Gasteiger partial charge in [-0.1, -0.05) is 29.7 Å². The van der Waals surface area contributed by atoms with Gasteiger partial charge in [-0.3, -0.25) is 9.47 Å². The number of ether oxygens (including phenoxy) is 2. The van der Waals surface area contributed by atoms with Crippen molar-refractivity contribution in [2.24, 2.45) is 0 Å². The van der Waals surface area contributed by atoms with E-state index < -0.39 is 11.5 Å². The smallest absolute Gasteiger partial charge is 0.328 e. The Hall–Kier alpha value is -3.94. The molecule has 1 saturated heterocycles. The number of H-pyrrole nitrogens is 1. The summed E-state index contributed by atoms with van der Waals surface area (Å²) in [6, 6.07) is 4.74. The molecule has 3 heterocycles. The van der Waals surface area contributed by atoms with Gasteiger partial charge in [0.2, 0.25) is 0 Å². The van der Waals surface area contributed by atoms with E-state index in [-0.39, 0.29) is 36.1 Å². The van der Waals surface area contributed by atoms with Gasteiger partial charge < -0.3 is 20.2 Å². The number of aromatic nitrogens is 4. The van der Waals surface area contributed by atoms with Crippen molar-refractivity contribution >= 4 is 22.6 Å². The van der Waals surface area contributed by atoms with Crippen LogP contribution in [0.2, 0.25) is 0 Å². The minimum Gasteiger partial charge on any atom is -0.461 e. The number of fused-ring (bicyclic) bond motifs is 1. The Morgan fingerprint density at radius 3 is 2.76 bits per heavy atom. The van der Waals surface area contributed by atoms with Crippen LogP contribution in [-0.2, 0) is 11.3 Å². The van der Waals surface area contributed by atoms with Crippen LogP contribution in [0.4, 0.5) is 10.2 Å². The summed E-state index contributed by atoms with van der Waals surface area (Å²) in [4.78, 5) is 26.0. The van der Waals surface area contributed by atoms with Gasteiger partial charge in [0.25, 0.3) is 0 Å². The second-order valence-corrected chi connectivity index (χ2v) is 8.97. The average Bonchev–Trinajstić information content (AvgIpc) is 3.49. The molecule has 0 spiro atoms. The Kier molecular flexibility index (Phi) is 8.38. The number of nitrogens with zero attached hydrogens (tertiary/aromatic N) is 4. The second kappa shape index (κ2) is 11.9. The van der Waals surface area contributed by atoms with E-state index in [9.17, 15) is 4.79 Å². The number of imidazole rings is 1. The summed E-state index contributed by atoms with van der Waals surface area (Å²) in [6.07, 6.45) is 12.0. The van der Waals surface area contributed by atoms with Crippen LogP contribution in [0.1, 0.15) is 30.9 Å². The highest BCUT2D eigenvalue weighted by Crippen LogP contribution is 2.22. The number of nitrogen functional groups attached to an aromatic ring is 1. The van der Waals surface area contributed by atoms with Gasteiger partial charge in [0.15, 0.2) is 11.5 Å². The lowest BCUT2D eigenvalue weighted by Gasteiger charge is -2.14. The van der Waals surface area contributed by atoms with E-state index in [4.69, 9.17) is 21.6 Å². The molecule has 3 N–H and O–H groups in total. The van der Waals surface area contributed by atoms with E-state index in [1.807, 2.05) is 12.2 Å². The quantitative estimate of drug-likeness (QED) is 0.247. The molecular weight excluding hydrogens is 475 g/mol. The van der Waals surface area contributed by atoms with Crippen molar-refractivity contribution in [2.75, 3.05) is 45.7 Å². The monoisotopic (exact) mass is 506 g/mol. The first-order chi connectivity index (χ1) is 17.9. The van der Waals surface area contributed by atoms with Crippen molar-refractivity contribution in [3.8, 4) is 18.4 Å². The van der Waals surface area contributed by atoms with Crippen molar-refractivity contribution in [1.29, 1.82) is 0 Å². The van der Waals surface area contributed by atoms with Crippen molar-refractivity contribution in [3.63, 3.8) is 0 Å². The lowest BCUT2D eigenvalue weighted by molar-refractivity contribution is 0.141. The summed E-state index contributed by atoms with van der Waals surface area (Å²) >= 11 is 0. The Labute approximate surface area is 214 Å². The minimum absolute atomic E-state index is 0.00231. The third kappa shape index (κ3) is 6.25. The number of terminal acetylenes is 1. The van der Waals surface area contributed by atoms with Crippen LogP contribution >= 0.6 is 0 Å². The predicted octanol–water partition coefficient (Wildman–Crippen LogP) is 2.97. The fraction of sp³-hybridized carbons (Fsp3) is 0.370. The van der Waals surface area contributed by atoms with Gasteiger partial charge in [0.05, 0.1) is 13.2 Å². The number of aromatic amines is 1. The summed E-state index contributed by atoms with van der Waals surface area (Å²) < 4.78 is 26.8. The normalized spacial score (nSPS) is 14.9. The molecule has 0 aliphatic carbocycles. The topological polar surface area (TPSA) is 111 Å². The van der Waals surface area contributed by atoms with Crippen LogP contribution in [-0.4, -0.2) is 64.4 Å². The van der Waals surface area contributed by atoms with Gasteiger partial charge >= 0.3 is 11.7 Å². The lowest BCUT2D eigenvalue weighted by atomic mass is 10.0. The van der Waals surface area contributed by atoms with Crippen LogP contribution in [0.25, 0.3) is 16.7 Å². The summed E-state index contributed by atoms with van der Waals surface area (Å²) in [7, 11) is 1.54. The number of benzene rings is 1. The molecule has 0 unspecified atom stereocenters. The summed E-state index contributed by atoms with van der Waals surface area (Å²) in [6.45, 7) is 5.67. The highest BCUT2D eigenvalue weighted by atomic mass is 19.1. The molecule has 10 heteroatoms. The number of halogens is 1. The van der Waals surface area contributed by atoms with E-state index in [2.05, 4.69) is 32.7 Å². The maximum absolute atomic E-state index is 15.2. The molecule has 0 atom stereocenters. The lowest BCUT2D eigenvalue weighted by Crippen LogP contribution is -2.20. The van der Waals surface area contributed by atoms with Crippen LogP contribution in [0, 0.1) is 18.2 Å². The molecule has 3 aromatic rings. The summed E-state index contributed by atoms with van der Waals surface area (Å²) in [5.74, 6) is 2.22. The maximum atomic E-state index is 15.2. The first-order valence-electron chi connectivity index (χ1n) is 12.1. The fourth-order valence-corrected chi connectivity index (χ4v) is 4.27.